The first-order chi connectivity index (χ1) is 7.48. The minimum absolute atomic E-state index is 0.0403. The summed E-state index contributed by atoms with van der Waals surface area (Å²) in [5.74, 6) is 0. The van der Waals surface area contributed by atoms with E-state index in [0.717, 1.165) is 12.1 Å². The van der Waals surface area contributed by atoms with Crippen LogP contribution in [0.1, 0.15) is 5.56 Å². The van der Waals surface area contributed by atoms with E-state index in [9.17, 15) is 13.2 Å². The number of hydrogen-bond donors (Lipinski definition) is 1. The number of alkyl halides is 3. The van der Waals surface area contributed by atoms with Gasteiger partial charge < -0.3 is 5.73 Å². The fourth-order valence-electron chi connectivity index (χ4n) is 1.35. The second-order valence-electron chi connectivity index (χ2n) is 3.22. The Bertz CT molecular complexity index is 489. The first kappa shape index (κ1) is 10.5. The standard InChI is InChI=1S/C10H8F3N3/c11-10(12,13)7-2-3-9(8(14)6-7)16-5-1-4-15-16/h1-6H,14H2. The number of nitrogen functional groups attached to an aromatic ring is 1. The van der Waals surface area contributed by atoms with Crippen LogP contribution in [0, 0.1) is 0 Å². The van der Waals surface area contributed by atoms with Gasteiger partial charge in [0.2, 0.25) is 0 Å². The lowest BCUT2D eigenvalue weighted by molar-refractivity contribution is -0.137. The molecule has 1 aromatic carbocycles. The highest BCUT2D eigenvalue weighted by Gasteiger charge is 2.30. The second-order valence-corrected chi connectivity index (χ2v) is 3.22. The number of anilines is 1. The molecular formula is C10H8F3N3. The second kappa shape index (κ2) is 3.55. The predicted octanol–water partition coefficient (Wildman–Crippen LogP) is 2.47. The molecule has 1 heterocycles. The molecule has 0 fully saturated rings. The van der Waals surface area contributed by atoms with E-state index in [1.165, 1.54) is 16.9 Å². The molecule has 0 amide bonds. The Kier molecular flexibility index (Phi) is 2.34. The van der Waals surface area contributed by atoms with Gasteiger partial charge in [-0.15, -0.1) is 0 Å². The van der Waals surface area contributed by atoms with Gasteiger partial charge in [-0.1, -0.05) is 0 Å². The molecule has 84 valence electrons. The zero-order chi connectivity index (χ0) is 11.8. The maximum atomic E-state index is 12.4. The Labute approximate surface area is 89.3 Å². The van der Waals surface area contributed by atoms with E-state index < -0.39 is 11.7 Å². The molecular weight excluding hydrogens is 219 g/mol. The molecule has 0 aliphatic rings. The van der Waals surface area contributed by atoms with Crippen LogP contribution in [0.4, 0.5) is 18.9 Å². The molecule has 2 aromatic rings. The van der Waals surface area contributed by atoms with Crippen molar-refractivity contribution in [3.05, 3.63) is 42.2 Å². The first-order valence-electron chi connectivity index (χ1n) is 4.45. The molecule has 0 atom stereocenters. The zero-order valence-electron chi connectivity index (χ0n) is 8.07. The third-order valence-electron chi connectivity index (χ3n) is 2.11. The lowest BCUT2D eigenvalue weighted by Crippen LogP contribution is -2.07. The fourth-order valence-corrected chi connectivity index (χ4v) is 1.35. The van der Waals surface area contributed by atoms with Gasteiger partial charge in [-0.2, -0.15) is 18.3 Å². The van der Waals surface area contributed by atoms with E-state index >= 15 is 0 Å². The Balaban J connectivity index is 2.46. The molecule has 0 saturated carbocycles. The Morgan fingerprint density at radius 3 is 2.50 bits per heavy atom. The summed E-state index contributed by atoms with van der Waals surface area (Å²) < 4.78 is 38.5. The van der Waals surface area contributed by atoms with Gasteiger partial charge in [0.25, 0.3) is 0 Å². The zero-order valence-corrected chi connectivity index (χ0v) is 8.07. The van der Waals surface area contributed by atoms with Gasteiger partial charge in [0, 0.05) is 12.4 Å². The third kappa shape index (κ3) is 1.86. The number of nitrogens with two attached hydrogens (primary N) is 1. The smallest absolute Gasteiger partial charge is 0.397 e. The van der Waals surface area contributed by atoms with Crippen LogP contribution in [-0.2, 0) is 6.18 Å². The van der Waals surface area contributed by atoms with Crippen molar-refractivity contribution in [3.8, 4) is 5.69 Å². The summed E-state index contributed by atoms with van der Waals surface area (Å²) in [6.07, 6.45) is -1.24. The van der Waals surface area contributed by atoms with Crippen LogP contribution in [0.3, 0.4) is 0 Å². The van der Waals surface area contributed by atoms with Crippen molar-refractivity contribution in [1.29, 1.82) is 0 Å². The molecule has 16 heavy (non-hydrogen) atoms. The summed E-state index contributed by atoms with van der Waals surface area (Å²) in [6.45, 7) is 0. The van der Waals surface area contributed by atoms with E-state index in [1.54, 1.807) is 12.3 Å². The largest absolute Gasteiger partial charge is 0.416 e. The summed E-state index contributed by atoms with van der Waals surface area (Å²) in [7, 11) is 0. The molecule has 2 rings (SSSR count). The molecule has 0 bridgehead atoms. The van der Waals surface area contributed by atoms with Crippen LogP contribution in [0.5, 0.6) is 0 Å². The van der Waals surface area contributed by atoms with Crippen molar-refractivity contribution in [2.75, 3.05) is 5.73 Å². The van der Waals surface area contributed by atoms with Crippen LogP contribution < -0.4 is 5.73 Å². The number of hydrogen-bond acceptors (Lipinski definition) is 2. The average Bonchev–Trinajstić information content (AvgIpc) is 2.69. The highest BCUT2D eigenvalue weighted by atomic mass is 19.4. The van der Waals surface area contributed by atoms with E-state index in [4.69, 9.17) is 5.73 Å². The average molecular weight is 227 g/mol. The Morgan fingerprint density at radius 2 is 2.00 bits per heavy atom. The Hall–Kier alpha value is -1.98. The number of rotatable bonds is 1. The first-order valence-corrected chi connectivity index (χ1v) is 4.45. The molecule has 0 spiro atoms. The molecule has 0 unspecified atom stereocenters. The van der Waals surface area contributed by atoms with Gasteiger partial charge in [-0.25, -0.2) is 4.68 Å². The van der Waals surface area contributed by atoms with Gasteiger partial charge in [-0.3, -0.25) is 0 Å². The van der Waals surface area contributed by atoms with Gasteiger partial charge >= 0.3 is 6.18 Å². The third-order valence-corrected chi connectivity index (χ3v) is 2.11. The molecule has 3 nitrogen and oxygen atoms in total. The lowest BCUT2D eigenvalue weighted by Gasteiger charge is -2.10. The van der Waals surface area contributed by atoms with Gasteiger partial charge in [0.1, 0.15) is 0 Å². The number of benzene rings is 1. The van der Waals surface area contributed by atoms with Gasteiger partial charge in [0.05, 0.1) is 16.9 Å². The van der Waals surface area contributed by atoms with Crippen molar-refractivity contribution < 1.29 is 13.2 Å². The topological polar surface area (TPSA) is 43.8 Å². The summed E-state index contributed by atoms with van der Waals surface area (Å²) >= 11 is 0. The fraction of sp³-hybridized carbons (Fsp3) is 0.100. The number of nitrogens with zero attached hydrogens (tertiary/aromatic N) is 2. The molecule has 1 aromatic heterocycles. The highest BCUT2D eigenvalue weighted by molar-refractivity contribution is 5.59. The molecule has 6 heteroatoms. The maximum Gasteiger partial charge on any atom is 0.416 e. The van der Waals surface area contributed by atoms with Crippen molar-refractivity contribution in [2.45, 2.75) is 6.18 Å². The van der Waals surface area contributed by atoms with Crippen molar-refractivity contribution in [3.63, 3.8) is 0 Å². The van der Waals surface area contributed by atoms with E-state index in [-0.39, 0.29) is 5.69 Å². The molecule has 0 radical (unpaired) electrons. The quantitative estimate of drug-likeness (QED) is 0.760. The summed E-state index contributed by atoms with van der Waals surface area (Å²) in [4.78, 5) is 0. The maximum absolute atomic E-state index is 12.4. The highest BCUT2D eigenvalue weighted by Crippen LogP contribution is 2.32. The van der Waals surface area contributed by atoms with E-state index in [0.29, 0.717) is 5.69 Å². The Morgan fingerprint density at radius 1 is 1.25 bits per heavy atom. The summed E-state index contributed by atoms with van der Waals surface area (Å²) in [5, 5.41) is 3.89. The van der Waals surface area contributed by atoms with Crippen LogP contribution in [-0.4, -0.2) is 9.78 Å². The molecule has 0 saturated heterocycles. The molecule has 0 aliphatic carbocycles. The van der Waals surface area contributed by atoms with Crippen molar-refractivity contribution >= 4 is 5.69 Å². The van der Waals surface area contributed by atoms with E-state index in [1.807, 2.05) is 0 Å². The molecule has 2 N–H and O–H groups in total. The van der Waals surface area contributed by atoms with Crippen molar-refractivity contribution in [1.82, 2.24) is 9.78 Å². The van der Waals surface area contributed by atoms with Crippen molar-refractivity contribution in [2.24, 2.45) is 0 Å². The van der Waals surface area contributed by atoms with Crippen LogP contribution >= 0.6 is 0 Å². The number of halogens is 3. The van der Waals surface area contributed by atoms with Crippen LogP contribution in [0.25, 0.3) is 5.69 Å². The predicted molar refractivity (Wildman–Crippen MR) is 53.0 cm³/mol. The molecule has 0 aliphatic heterocycles. The lowest BCUT2D eigenvalue weighted by atomic mass is 10.1. The van der Waals surface area contributed by atoms with E-state index in [2.05, 4.69) is 5.10 Å². The monoisotopic (exact) mass is 227 g/mol. The minimum atomic E-state index is -4.38. The minimum Gasteiger partial charge on any atom is -0.397 e. The summed E-state index contributed by atoms with van der Waals surface area (Å²) in [6, 6.07) is 4.84. The number of aromatic nitrogens is 2. The van der Waals surface area contributed by atoms with Gasteiger partial charge in [0.15, 0.2) is 0 Å². The summed E-state index contributed by atoms with van der Waals surface area (Å²) in [5.41, 5.74) is 5.25. The van der Waals surface area contributed by atoms with Crippen LogP contribution in [0.15, 0.2) is 36.7 Å². The SMILES string of the molecule is Nc1cc(C(F)(F)F)ccc1-n1cccn1. The van der Waals surface area contributed by atoms with Crippen LogP contribution in [0.2, 0.25) is 0 Å². The normalized spacial score (nSPS) is 11.7. The van der Waals surface area contributed by atoms with Gasteiger partial charge in [-0.05, 0) is 24.3 Å².